The van der Waals surface area contributed by atoms with Gasteiger partial charge in [-0.3, -0.25) is 10.2 Å². The Morgan fingerprint density at radius 2 is 1.79 bits per heavy atom. The molecule has 0 saturated carbocycles. The molecule has 0 aliphatic rings. The molecular weight excluding hydrogens is 433 g/mol. The van der Waals surface area contributed by atoms with Crippen LogP contribution >= 0.6 is 23.2 Å². The van der Waals surface area contributed by atoms with Gasteiger partial charge in [0.1, 0.15) is 17.2 Å². The lowest BCUT2D eigenvalue weighted by atomic mass is 10.0. The zero-order chi connectivity index (χ0) is 21.8. The standard InChI is InChI=1S/C19H15Cl2F4N3O/c1-27-17(19(23,24)25)8-16(29)18(26)13-6-10(14(21)7-15(13)22)9-28-12-4-2-11(20)3-5-12/h2-8,26-28H,9H2,1H3/b17-8-,26-18?. The molecule has 0 unspecified atom stereocenters. The molecule has 0 aliphatic heterocycles. The monoisotopic (exact) mass is 447 g/mol. The van der Waals surface area contributed by atoms with E-state index in [4.69, 9.17) is 28.6 Å². The van der Waals surface area contributed by atoms with Gasteiger partial charge in [0.25, 0.3) is 0 Å². The van der Waals surface area contributed by atoms with Gasteiger partial charge in [0.15, 0.2) is 0 Å². The van der Waals surface area contributed by atoms with Crippen molar-refractivity contribution >= 4 is 40.4 Å². The van der Waals surface area contributed by atoms with Gasteiger partial charge in [0.2, 0.25) is 5.78 Å². The third kappa shape index (κ3) is 5.95. The van der Waals surface area contributed by atoms with Gasteiger partial charge >= 0.3 is 6.18 Å². The van der Waals surface area contributed by atoms with Crippen molar-refractivity contribution in [3.63, 3.8) is 0 Å². The highest BCUT2D eigenvalue weighted by molar-refractivity contribution is 6.48. The molecule has 0 bridgehead atoms. The molecule has 0 heterocycles. The first-order chi connectivity index (χ1) is 13.5. The molecule has 0 radical (unpaired) electrons. The first kappa shape index (κ1) is 22.7. The quantitative estimate of drug-likeness (QED) is 0.304. The summed E-state index contributed by atoms with van der Waals surface area (Å²) in [6, 6.07) is 8.77. The van der Waals surface area contributed by atoms with E-state index in [9.17, 15) is 22.4 Å². The fourth-order valence-corrected chi connectivity index (χ4v) is 2.66. The van der Waals surface area contributed by atoms with Crippen LogP contribution in [-0.4, -0.2) is 24.7 Å². The molecule has 2 aromatic carbocycles. The molecule has 10 heteroatoms. The Morgan fingerprint density at radius 3 is 2.34 bits per heavy atom. The minimum atomic E-state index is -4.81. The van der Waals surface area contributed by atoms with Gasteiger partial charge in [-0.1, -0.05) is 23.2 Å². The number of hydrogen-bond acceptors (Lipinski definition) is 4. The second-order valence-electron chi connectivity index (χ2n) is 5.83. The van der Waals surface area contributed by atoms with E-state index in [2.05, 4.69) is 5.32 Å². The van der Waals surface area contributed by atoms with Gasteiger partial charge in [0.05, 0.1) is 0 Å². The topological polar surface area (TPSA) is 65.0 Å². The van der Waals surface area contributed by atoms with Crippen LogP contribution in [-0.2, 0) is 11.3 Å². The fourth-order valence-electron chi connectivity index (χ4n) is 2.32. The molecule has 0 atom stereocenters. The molecule has 0 fully saturated rings. The Kier molecular flexibility index (Phi) is 7.26. The lowest BCUT2D eigenvalue weighted by molar-refractivity contribution is -0.111. The average molecular weight is 448 g/mol. The zero-order valence-corrected chi connectivity index (χ0v) is 16.4. The van der Waals surface area contributed by atoms with Crippen LogP contribution in [0.1, 0.15) is 11.1 Å². The highest BCUT2D eigenvalue weighted by Gasteiger charge is 2.34. The van der Waals surface area contributed by atoms with Crippen molar-refractivity contribution in [2.45, 2.75) is 12.7 Å². The van der Waals surface area contributed by atoms with E-state index < -0.39 is 34.7 Å². The number of carbonyl (C=O) groups excluding carboxylic acids is 1. The highest BCUT2D eigenvalue weighted by atomic mass is 35.5. The summed E-state index contributed by atoms with van der Waals surface area (Å²) in [5, 5.41) is 13.3. The number of benzene rings is 2. The molecule has 29 heavy (non-hydrogen) atoms. The van der Waals surface area contributed by atoms with Gasteiger partial charge < -0.3 is 10.6 Å². The Labute approximate surface area is 174 Å². The van der Waals surface area contributed by atoms with Crippen molar-refractivity contribution in [2.24, 2.45) is 0 Å². The number of nitrogens with one attached hydrogen (secondary N) is 3. The molecule has 0 spiro atoms. The summed E-state index contributed by atoms with van der Waals surface area (Å²) < 4.78 is 52.5. The molecule has 4 nitrogen and oxygen atoms in total. The average Bonchev–Trinajstić information content (AvgIpc) is 2.65. The van der Waals surface area contributed by atoms with Crippen molar-refractivity contribution in [3.8, 4) is 0 Å². The van der Waals surface area contributed by atoms with Crippen LogP contribution in [0.3, 0.4) is 0 Å². The maximum Gasteiger partial charge on any atom is 0.431 e. The first-order valence-electron chi connectivity index (χ1n) is 8.10. The number of ketones is 1. The van der Waals surface area contributed by atoms with E-state index in [0.717, 1.165) is 19.2 Å². The van der Waals surface area contributed by atoms with Crippen molar-refractivity contribution in [1.29, 1.82) is 5.41 Å². The Balaban J connectivity index is 2.27. The predicted molar refractivity (Wildman–Crippen MR) is 105 cm³/mol. The van der Waals surface area contributed by atoms with Crippen LogP contribution in [0.5, 0.6) is 0 Å². The van der Waals surface area contributed by atoms with Gasteiger partial charge in [-0.15, -0.1) is 0 Å². The Bertz CT molecular complexity index is 957. The first-order valence-corrected chi connectivity index (χ1v) is 8.85. The number of rotatable bonds is 7. The molecule has 3 N–H and O–H groups in total. The molecule has 154 valence electrons. The van der Waals surface area contributed by atoms with E-state index in [1.165, 1.54) is 0 Å². The van der Waals surface area contributed by atoms with E-state index >= 15 is 0 Å². The summed E-state index contributed by atoms with van der Waals surface area (Å²) in [6.07, 6.45) is -4.60. The van der Waals surface area contributed by atoms with Crippen molar-refractivity contribution in [1.82, 2.24) is 5.32 Å². The largest absolute Gasteiger partial charge is 0.431 e. The minimum absolute atomic E-state index is 0.0368. The molecule has 2 aromatic rings. The van der Waals surface area contributed by atoms with Crippen LogP contribution < -0.4 is 10.6 Å². The van der Waals surface area contributed by atoms with Crippen LogP contribution in [0.25, 0.3) is 0 Å². The highest BCUT2D eigenvalue weighted by Crippen LogP contribution is 2.25. The number of anilines is 1. The number of halogens is 6. The second-order valence-corrected chi connectivity index (χ2v) is 6.67. The maximum absolute atomic E-state index is 14.2. The summed E-state index contributed by atoms with van der Waals surface area (Å²) in [4.78, 5) is 12.1. The molecule has 0 amide bonds. The molecular formula is C19H15Cl2F4N3O. The van der Waals surface area contributed by atoms with Crippen LogP contribution in [0.4, 0.5) is 23.2 Å². The summed E-state index contributed by atoms with van der Waals surface area (Å²) in [7, 11) is 0.986. The van der Waals surface area contributed by atoms with E-state index in [-0.39, 0.29) is 17.6 Å². The Hall–Kier alpha value is -2.58. The number of hydrogen-bond donors (Lipinski definition) is 3. The molecule has 0 aromatic heterocycles. The van der Waals surface area contributed by atoms with Crippen LogP contribution in [0, 0.1) is 11.2 Å². The van der Waals surface area contributed by atoms with Gasteiger partial charge in [0, 0.05) is 41.0 Å². The van der Waals surface area contributed by atoms with Crippen molar-refractivity contribution < 1.29 is 22.4 Å². The SMILES string of the molecule is CN/C(=C\C(=O)C(=N)c1cc(CNc2ccc(Cl)cc2)c(Cl)cc1F)C(F)(F)F. The molecule has 2 rings (SSSR count). The normalized spacial score (nSPS) is 11.9. The van der Waals surface area contributed by atoms with Crippen molar-refractivity contribution in [2.75, 3.05) is 12.4 Å². The van der Waals surface area contributed by atoms with Crippen LogP contribution in [0.15, 0.2) is 48.2 Å². The van der Waals surface area contributed by atoms with E-state index in [1.54, 1.807) is 24.3 Å². The lowest BCUT2D eigenvalue weighted by Gasteiger charge is -2.13. The van der Waals surface area contributed by atoms with Gasteiger partial charge in [-0.2, -0.15) is 13.2 Å². The molecule has 0 aliphatic carbocycles. The smallest absolute Gasteiger partial charge is 0.384 e. The number of alkyl halides is 3. The van der Waals surface area contributed by atoms with Gasteiger partial charge in [-0.25, -0.2) is 4.39 Å². The maximum atomic E-state index is 14.2. The minimum Gasteiger partial charge on any atom is -0.384 e. The lowest BCUT2D eigenvalue weighted by Crippen LogP contribution is -2.26. The third-order valence-electron chi connectivity index (χ3n) is 3.83. The summed E-state index contributed by atoms with van der Waals surface area (Å²) in [5.41, 5.74) is -1.69. The van der Waals surface area contributed by atoms with E-state index in [0.29, 0.717) is 16.3 Å². The Morgan fingerprint density at radius 1 is 1.17 bits per heavy atom. The number of allylic oxidation sites excluding steroid dienone is 2. The molecule has 0 saturated heterocycles. The fraction of sp³-hybridized carbons (Fsp3) is 0.158. The zero-order valence-electron chi connectivity index (χ0n) is 14.9. The van der Waals surface area contributed by atoms with Gasteiger partial charge in [-0.05, 0) is 42.0 Å². The second kappa shape index (κ2) is 9.28. The summed E-state index contributed by atoms with van der Waals surface area (Å²) >= 11 is 11.8. The predicted octanol–water partition coefficient (Wildman–Crippen LogP) is 5.35. The number of carbonyl (C=O) groups is 1. The summed E-state index contributed by atoms with van der Waals surface area (Å²) in [6.45, 7) is 0.120. The summed E-state index contributed by atoms with van der Waals surface area (Å²) in [5.74, 6) is -2.29. The van der Waals surface area contributed by atoms with Crippen LogP contribution in [0.2, 0.25) is 10.0 Å². The third-order valence-corrected chi connectivity index (χ3v) is 4.43. The van der Waals surface area contributed by atoms with Crippen molar-refractivity contribution in [3.05, 3.63) is 75.2 Å². The van der Waals surface area contributed by atoms with E-state index in [1.807, 2.05) is 5.32 Å².